The molecule has 3 aromatic carbocycles. The van der Waals surface area contributed by atoms with Crippen LogP contribution in [0.2, 0.25) is 10.0 Å². The lowest BCUT2D eigenvalue weighted by atomic mass is 10.0. The van der Waals surface area contributed by atoms with Crippen LogP contribution in [-0.4, -0.2) is 50.0 Å². The van der Waals surface area contributed by atoms with Gasteiger partial charge in [-0.3, -0.25) is 13.9 Å². The average molecular weight is 609 g/mol. The van der Waals surface area contributed by atoms with Gasteiger partial charge in [-0.15, -0.1) is 0 Å². The molecule has 40 heavy (non-hydrogen) atoms. The van der Waals surface area contributed by atoms with E-state index in [1.54, 1.807) is 0 Å². The fourth-order valence-corrected chi connectivity index (χ4v) is 5.34. The van der Waals surface area contributed by atoms with Crippen molar-refractivity contribution in [2.75, 3.05) is 17.1 Å². The van der Waals surface area contributed by atoms with Crippen LogP contribution in [0.15, 0.2) is 72.8 Å². The predicted molar refractivity (Wildman–Crippen MR) is 157 cm³/mol. The van der Waals surface area contributed by atoms with Crippen LogP contribution in [0.1, 0.15) is 31.4 Å². The molecule has 0 bridgehead atoms. The Morgan fingerprint density at radius 1 is 0.975 bits per heavy atom. The largest absolute Gasteiger partial charge is 0.352 e. The summed E-state index contributed by atoms with van der Waals surface area (Å²) in [6.07, 6.45) is 1.80. The Bertz CT molecular complexity index is 1420. The summed E-state index contributed by atoms with van der Waals surface area (Å²) in [4.78, 5) is 29.0. The van der Waals surface area contributed by atoms with Crippen LogP contribution in [0.25, 0.3) is 0 Å². The second-order valence-corrected chi connectivity index (χ2v) is 12.3. The summed E-state index contributed by atoms with van der Waals surface area (Å²) < 4.78 is 40.2. The number of hydrogen-bond acceptors (Lipinski definition) is 4. The third-order valence-corrected chi connectivity index (χ3v) is 8.08. The van der Waals surface area contributed by atoms with Gasteiger partial charge in [0, 0.05) is 24.0 Å². The molecule has 0 spiro atoms. The van der Waals surface area contributed by atoms with Crippen molar-refractivity contribution >= 4 is 50.7 Å². The fraction of sp³-hybridized carbons (Fsp3) is 0.310. The van der Waals surface area contributed by atoms with Gasteiger partial charge < -0.3 is 10.2 Å². The summed E-state index contributed by atoms with van der Waals surface area (Å²) in [7, 11) is -4.00. The highest BCUT2D eigenvalue weighted by atomic mass is 35.5. The van der Waals surface area contributed by atoms with Crippen LogP contribution in [0.3, 0.4) is 0 Å². The molecular weight excluding hydrogens is 576 g/mol. The Hall–Kier alpha value is -3.14. The molecule has 3 rings (SSSR count). The molecule has 3 aromatic rings. The molecule has 0 aliphatic carbocycles. The summed E-state index contributed by atoms with van der Waals surface area (Å²) >= 11 is 12.4. The quantitative estimate of drug-likeness (QED) is 0.296. The fourth-order valence-electron chi connectivity index (χ4n) is 4.05. The van der Waals surface area contributed by atoms with Gasteiger partial charge in [0.25, 0.3) is 0 Å². The number of carbonyl (C=O) groups is 2. The smallest absolute Gasteiger partial charge is 0.244 e. The molecule has 1 N–H and O–H groups in total. The molecule has 0 heterocycles. The minimum atomic E-state index is -4.00. The van der Waals surface area contributed by atoms with E-state index in [9.17, 15) is 22.4 Å². The number of halogens is 3. The van der Waals surface area contributed by atoms with E-state index < -0.39 is 34.3 Å². The van der Waals surface area contributed by atoms with Crippen molar-refractivity contribution in [1.82, 2.24) is 10.2 Å². The van der Waals surface area contributed by atoms with Gasteiger partial charge >= 0.3 is 0 Å². The molecule has 11 heteroatoms. The van der Waals surface area contributed by atoms with E-state index in [2.05, 4.69) is 5.32 Å². The van der Waals surface area contributed by atoms with E-state index in [4.69, 9.17) is 23.2 Å². The highest BCUT2D eigenvalue weighted by Crippen LogP contribution is 2.31. The van der Waals surface area contributed by atoms with Crippen LogP contribution in [0, 0.1) is 5.82 Å². The second-order valence-electron chi connectivity index (χ2n) is 9.54. The van der Waals surface area contributed by atoms with Crippen molar-refractivity contribution in [3.8, 4) is 0 Å². The maximum absolute atomic E-state index is 14.0. The van der Waals surface area contributed by atoms with E-state index >= 15 is 0 Å². The van der Waals surface area contributed by atoms with Crippen LogP contribution in [0.4, 0.5) is 10.1 Å². The highest BCUT2D eigenvalue weighted by Gasteiger charge is 2.34. The Morgan fingerprint density at radius 2 is 1.62 bits per heavy atom. The third kappa shape index (κ3) is 8.68. The average Bonchev–Trinajstić information content (AvgIpc) is 2.91. The van der Waals surface area contributed by atoms with Crippen LogP contribution in [-0.2, 0) is 32.6 Å². The molecule has 0 aliphatic rings. The molecule has 214 valence electrons. The van der Waals surface area contributed by atoms with Crippen molar-refractivity contribution in [2.45, 2.75) is 45.3 Å². The molecule has 0 radical (unpaired) electrons. The monoisotopic (exact) mass is 607 g/mol. The number of sulfonamides is 1. The lowest BCUT2D eigenvalue weighted by Gasteiger charge is -2.34. The van der Waals surface area contributed by atoms with E-state index in [1.165, 1.54) is 47.4 Å². The molecule has 0 saturated heterocycles. The van der Waals surface area contributed by atoms with Gasteiger partial charge in [-0.05, 0) is 54.8 Å². The number of hydrogen-bond donors (Lipinski definition) is 1. The Morgan fingerprint density at radius 3 is 2.23 bits per heavy atom. The van der Waals surface area contributed by atoms with Gasteiger partial charge in [0.15, 0.2) is 0 Å². The Balaban J connectivity index is 2.08. The maximum Gasteiger partial charge on any atom is 0.244 e. The van der Waals surface area contributed by atoms with Gasteiger partial charge in [-0.2, -0.15) is 0 Å². The van der Waals surface area contributed by atoms with Crippen molar-refractivity contribution < 1.29 is 22.4 Å². The lowest BCUT2D eigenvalue weighted by molar-refractivity contribution is -0.140. The number of nitrogens with one attached hydrogen (secondary N) is 1. The Kier molecular flexibility index (Phi) is 11.0. The first-order valence-corrected chi connectivity index (χ1v) is 15.3. The summed E-state index contributed by atoms with van der Waals surface area (Å²) in [5.74, 6) is -1.48. The van der Waals surface area contributed by atoms with Crippen LogP contribution >= 0.6 is 23.2 Å². The summed E-state index contributed by atoms with van der Waals surface area (Å²) in [5, 5.41) is 3.27. The predicted octanol–water partition coefficient (Wildman–Crippen LogP) is 5.45. The van der Waals surface area contributed by atoms with Crippen LogP contribution in [0.5, 0.6) is 0 Å². The number of rotatable bonds is 12. The van der Waals surface area contributed by atoms with Crippen molar-refractivity contribution in [2.24, 2.45) is 0 Å². The summed E-state index contributed by atoms with van der Waals surface area (Å²) in [6, 6.07) is 17.9. The maximum atomic E-state index is 14.0. The summed E-state index contributed by atoms with van der Waals surface area (Å²) in [6.45, 7) is 3.08. The zero-order chi connectivity index (χ0) is 29.4. The topological polar surface area (TPSA) is 86.8 Å². The molecule has 0 aliphatic heterocycles. The highest BCUT2D eigenvalue weighted by molar-refractivity contribution is 7.92. The molecule has 0 unspecified atom stereocenters. The number of anilines is 1. The lowest BCUT2D eigenvalue weighted by Crippen LogP contribution is -2.54. The van der Waals surface area contributed by atoms with E-state index in [1.807, 2.05) is 44.2 Å². The standard InChI is InChI=1S/C29H32Cl2FN3O4S/c1-4-20(2)33-29(37)27(16-21-8-6-5-7-9-21)34(18-22-10-13-24(32)14-11-22)28(36)19-35(40(3,38)39)26-17-23(30)12-15-25(26)31/h5-15,17,20,27H,4,16,18-19H2,1-3H3,(H,33,37)/t20-,27-/m1/s1. The molecule has 2 amide bonds. The van der Waals surface area contributed by atoms with E-state index in [0.29, 0.717) is 12.0 Å². The molecule has 7 nitrogen and oxygen atoms in total. The first-order chi connectivity index (χ1) is 18.9. The number of amides is 2. The zero-order valence-corrected chi connectivity index (χ0v) is 24.8. The van der Waals surface area contributed by atoms with E-state index in [-0.39, 0.29) is 40.6 Å². The summed E-state index contributed by atoms with van der Waals surface area (Å²) in [5.41, 5.74) is 1.41. The SMILES string of the molecule is CC[C@@H](C)NC(=O)[C@@H](Cc1ccccc1)N(Cc1ccc(F)cc1)C(=O)CN(c1cc(Cl)ccc1Cl)S(C)(=O)=O. The number of benzene rings is 3. The number of carbonyl (C=O) groups excluding carboxylic acids is 2. The van der Waals surface area contributed by atoms with Gasteiger partial charge in [-0.1, -0.05) is 72.6 Å². The number of nitrogens with zero attached hydrogens (tertiary/aromatic N) is 2. The van der Waals surface area contributed by atoms with Gasteiger partial charge in [-0.25, -0.2) is 12.8 Å². The molecule has 0 saturated carbocycles. The first kappa shape index (κ1) is 31.4. The van der Waals surface area contributed by atoms with Crippen molar-refractivity contribution in [3.63, 3.8) is 0 Å². The molecule has 0 aromatic heterocycles. The Labute approximate surface area is 244 Å². The van der Waals surface area contributed by atoms with Gasteiger partial charge in [0.2, 0.25) is 21.8 Å². The first-order valence-electron chi connectivity index (χ1n) is 12.7. The van der Waals surface area contributed by atoms with Crippen molar-refractivity contribution in [1.29, 1.82) is 0 Å². The third-order valence-electron chi connectivity index (χ3n) is 6.39. The minimum Gasteiger partial charge on any atom is -0.352 e. The molecule has 0 fully saturated rings. The van der Waals surface area contributed by atoms with Crippen LogP contribution < -0.4 is 9.62 Å². The van der Waals surface area contributed by atoms with Crippen molar-refractivity contribution in [3.05, 3.63) is 99.8 Å². The molecule has 2 atom stereocenters. The minimum absolute atomic E-state index is 0.0374. The van der Waals surface area contributed by atoms with Gasteiger partial charge in [0.1, 0.15) is 18.4 Å². The normalized spacial score (nSPS) is 12.8. The zero-order valence-electron chi connectivity index (χ0n) is 22.5. The second kappa shape index (κ2) is 14.0. The molecular formula is C29H32Cl2FN3O4S. The van der Waals surface area contributed by atoms with E-state index in [0.717, 1.165) is 16.1 Å². The van der Waals surface area contributed by atoms with Gasteiger partial charge in [0.05, 0.1) is 17.0 Å².